The summed E-state index contributed by atoms with van der Waals surface area (Å²) >= 11 is 0. The van der Waals surface area contributed by atoms with Crippen molar-refractivity contribution in [1.82, 2.24) is 20.0 Å². The van der Waals surface area contributed by atoms with Crippen molar-refractivity contribution in [3.05, 3.63) is 83.2 Å². The van der Waals surface area contributed by atoms with E-state index in [4.69, 9.17) is 0 Å². The Morgan fingerprint density at radius 1 is 1.11 bits per heavy atom. The second kappa shape index (κ2) is 9.44. The van der Waals surface area contributed by atoms with E-state index in [0.29, 0.717) is 24.0 Å². The van der Waals surface area contributed by atoms with E-state index in [0.717, 1.165) is 23.4 Å². The zero-order valence-corrected chi connectivity index (χ0v) is 19.5. The number of carbonyl (C=O) groups is 2. The van der Waals surface area contributed by atoms with Crippen molar-refractivity contribution < 1.29 is 28.6 Å². The van der Waals surface area contributed by atoms with E-state index in [1.54, 1.807) is 42.2 Å². The molecule has 3 aromatic rings. The van der Waals surface area contributed by atoms with Crippen LogP contribution in [0.1, 0.15) is 42.1 Å². The van der Waals surface area contributed by atoms with E-state index >= 15 is 0 Å². The molecule has 1 aliphatic heterocycles. The summed E-state index contributed by atoms with van der Waals surface area (Å²) in [5, 5.41) is 27.8. The minimum absolute atomic E-state index is 0.0271. The number of benzene rings is 2. The Bertz CT molecular complexity index is 1280. The van der Waals surface area contributed by atoms with E-state index in [2.05, 4.69) is 10.4 Å². The van der Waals surface area contributed by atoms with Gasteiger partial charge in [-0.3, -0.25) is 9.59 Å². The zero-order chi connectivity index (χ0) is 25.6. The fraction of sp³-hybridized carbons (Fsp3) is 0.346. The van der Waals surface area contributed by atoms with E-state index in [1.807, 2.05) is 12.1 Å². The summed E-state index contributed by atoms with van der Waals surface area (Å²) in [4.78, 5) is 27.1. The monoisotopic (exact) mass is 496 g/mol. The quantitative estimate of drug-likeness (QED) is 0.485. The number of carbonyl (C=O) groups excluding carboxylic acids is 2. The Labute approximate surface area is 206 Å². The van der Waals surface area contributed by atoms with Gasteiger partial charge in [-0.05, 0) is 72.7 Å². The highest BCUT2D eigenvalue weighted by atomic mass is 19.2. The molecule has 2 heterocycles. The molecular formula is C26H26F2N4O4. The smallest absolute Gasteiger partial charge is 0.255 e. The Morgan fingerprint density at radius 2 is 1.83 bits per heavy atom. The highest BCUT2D eigenvalue weighted by Crippen LogP contribution is 2.44. The van der Waals surface area contributed by atoms with Crippen LogP contribution in [0, 0.1) is 17.6 Å². The predicted octanol–water partition coefficient (Wildman–Crippen LogP) is 2.20. The first kappa shape index (κ1) is 24.1. The van der Waals surface area contributed by atoms with Crippen LogP contribution in [0.25, 0.3) is 5.69 Å². The standard InChI is InChI=1S/C26H26F2N4O4/c1-14(16-3-5-18(6-4-16)32-8-2-7-29-32)30-25(35)23(33)24(34)26(36)31-13-15-9-17-11-20(27)21(28)12-19(17)22(31)10-15/h2-8,11-12,14-15,22-24,33-34H,9-10,13H2,1H3,(H,30,35)/t14-,15?,22?,23-,24-/m1/s1. The van der Waals surface area contributed by atoms with Crippen LogP contribution in [0.2, 0.25) is 0 Å². The predicted molar refractivity (Wildman–Crippen MR) is 125 cm³/mol. The average molecular weight is 497 g/mol. The van der Waals surface area contributed by atoms with Gasteiger partial charge in [-0.1, -0.05) is 12.1 Å². The molecule has 1 aromatic heterocycles. The van der Waals surface area contributed by atoms with Crippen molar-refractivity contribution in [3.63, 3.8) is 0 Å². The number of fused-ring (bicyclic) bond motifs is 4. The van der Waals surface area contributed by atoms with Crippen molar-refractivity contribution in [1.29, 1.82) is 0 Å². The number of likely N-dealkylation sites (tertiary alicyclic amines) is 1. The number of aromatic nitrogens is 2. The molecule has 10 heteroatoms. The van der Waals surface area contributed by atoms with Gasteiger partial charge in [0.05, 0.1) is 17.8 Å². The van der Waals surface area contributed by atoms with Gasteiger partial charge in [0, 0.05) is 18.9 Å². The summed E-state index contributed by atoms with van der Waals surface area (Å²) in [6, 6.07) is 10.3. The molecule has 1 saturated heterocycles. The molecule has 2 unspecified atom stereocenters. The van der Waals surface area contributed by atoms with Crippen molar-refractivity contribution >= 4 is 11.8 Å². The molecule has 3 N–H and O–H groups in total. The average Bonchev–Trinajstić information content (AvgIpc) is 3.53. The fourth-order valence-electron chi connectivity index (χ4n) is 5.18. The van der Waals surface area contributed by atoms with Gasteiger partial charge in [0.25, 0.3) is 11.8 Å². The van der Waals surface area contributed by atoms with Crippen LogP contribution in [0.3, 0.4) is 0 Å². The highest BCUT2D eigenvalue weighted by molar-refractivity contribution is 5.91. The molecule has 2 amide bonds. The van der Waals surface area contributed by atoms with Crippen molar-refractivity contribution in [3.8, 4) is 5.69 Å². The third-order valence-electron chi connectivity index (χ3n) is 7.06. The van der Waals surface area contributed by atoms with E-state index < -0.39 is 47.7 Å². The van der Waals surface area contributed by atoms with Gasteiger partial charge in [0.1, 0.15) is 0 Å². The minimum Gasteiger partial charge on any atom is -0.380 e. The molecule has 188 valence electrons. The largest absolute Gasteiger partial charge is 0.380 e. The van der Waals surface area contributed by atoms with E-state index in [9.17, 15) is 28.6 Å². The summed E-state index contributed by atoms with van der Waals surface area (Å²) in [6.07, 6.45) is 0.515. The molecule has 36 heavy (non-hydrogen) atoms. The lowest BCUT2D eigenvalue weighted by Crippen LogP contribution is -2.51. The second-order valence-corrected chi connectivity index (χ2v) is 9.44. The van der Waals surface area contributed by atoms with Gasteiger partial charge in [0.2, 0.25) is 0 Å². The molecule has 2 aliphatic rings. The van der Waals surface area contributed by atoms with Gasteiger partial charge in [0.15, 0.2) is 23.8 Å². The lowest BCUT2D eigenvalue weighted by molar-refractivity contribution is -0.154. The number of amides is 2. The Morgan fingerprint density at radius 3 is 2.53 bits per heavy atom. The molecule has 1 fully saturated rings. The first-order valence-corrected chi connectivity index (χ1v) is 11.8. The van der Waals surface area contributed by atoms with Gasteiger partial charge in [-0.25, -0.2) is 13.5 Å². The maximum absolute atomic E-state index is 13.9. The Kier molecular flexibility index (Phi) is 6.31. The molecule has 0 radical (unpaired) electrons. The zero-order valence-electron chi connectivity index (χ0n) is 19.5. The number of halogens is 2. The molecule has 0 saturated carbocycles. The van der Waals surface area contributed by atoms with Crippen molar-refractivity contribution in [2.75, 3.05) is 6.54 Å². The second-order valence-electron chi connectivity index (χ2n) is 9.44. The molecule has 5 atom stereocenters. The van der Waals surface area contributed by atoms with Crippen LogP contribution in [-0.4, -0.2) is 55.5 Å². The maximum atomic E-state index is 13.9. The van der Waals surface area contributed by atoms with E-state index in [-0.39, 0.29) is 12.5 Å². The number of nitrogens with zero attached hydrogens (tertiary/aromatic N) is 3. The van der Waals surface area contributed by atoms with Gasteiger partial charge in [-0.2, -0.15) is 5.10 Å². The molecule has 8 nitrogen and oxygen atoms in total. The van der Waals surface area contributed by atoms with Crippen LogP contribution < -0.4 is 5.32 Å². The van der Waals surface area contributed by atoms with Crippen molar-refractivity contribution in [2.45, 2.75) is 44.1 Å². The molecule has 0 spiro atoms. The number of hydrogen-bond acceptors (Lipinski definition) is 5. The van der Waals surface area contributed by atoms with E-state index in [1.165, 1.54) is 4.90 Å². The highest BCUT2D eigenvalue weighted by Gasteiger charge is 2.45. The van der Waals surface area contributed by atoms with Crippen LogP contribution in [0.15, 0.2) is 54.9 Å². The SMILES string of the molecule is C[C@@H](NC(=O)[C@H](O)[C@@H](O)C(=O)N1CC2Cc3cc(F)c(F)cc3C1C2)c1ccc(-n2cccn2)cc1. The van der Waals surface area contributed by atoms with Crippen LogP contribution in [0.4, 0.5) is 8.78 Å². The lowest BCUT2D eigenvalue weighted by atomic mass is 9.84. The maximum Gasteiger partial charge on any atom is 0.255 e. The summed E-state index contributed by atoms with van der Waals surface area (Å²) < 4.78 is 29.3. The number of aliphatic hydroxyl groups excluding tert-OH is 2. The third-order valence-corrected chi connectivity index (χ3v) is 7.06. The number of aliphatic hydroxyl groups is 2. The van der Waals surface area contributed by atoms with Gasteiger partial charge < -0.3 is 20.4 Å². The summed E-state index contributed by atoms with van der Waals surface area (Å²) in [6.45, 7) is 1.99. The van der Waals surface area contributed by atoms with Gasteiger partial charge >= 0.3 is 0 Å². The summed E-state index contributed by atoms with van der Waals surface area (Å²) in [5.41, 5.74) is 2.72. The topological polar surface area (TPSA) is 108 Å². The lowest BCUT2D eigenvalue weighted by Gasteiger charge is -2.30. The fourth-order valence-corrected chi connectivity index (χ4v) is 5.18. The first-order chi connectivity index (χ1) is 17.2. The molecular weight excluding hydrogens is 470 g/mol. The minimum atomic E-state index is -1.99. The third kappa shape index (κ3) is 4.38. The van der Waals surface area contributed by atoms with Crippen molar-refractivity contribution in [2.24, 2.45) is 5.92 Å². The molecule has 1 aliphatic carbocycles. The van der Waals surface area contributed by atoms with Crippen LogP contribution in [-0.2, 0) is 16.0 Å². The molecule has 2 bridgehead atoms. The first-order valence-electron chi connectivity index (χ1n) is 11.8. The van der Waals surface area contributed by atoms with Crippen LogP contribution >= 0.6 is 0 Å². The Balaban J connectivity index is 1.24. The summed E-state index contributed by atoms with van der Waals surface area (Å²) in [7, 11) is 0. The normalized spacial score (nSPS) is 21.0. The number of hydrogen-bond donors (Lipinski definition) is 3. The number of nitrogens with one attached hydrogen (secondary N) is 1. The van der Waals surface area contributed by atoms with Gasteiger partial charge in [-0.15, -0.1) is 0 Å². The van der Waals surface area contributed by atoms with Crippen LogP contribution in [0.5, 0.6) is 0 Å². The number of rotatable bonds is 6. The molecule has 5 rings (SSSR count). The Hall–Kier alpha value is -3.63. The molecule has 2 aromatic carbocycles. The summed E-state index contributed by atoms with van der Waals surface area (Å²) in [5.74, 6) is -3.63.